The summed E-state index contributed by atoms with van der Waals surface area (Å²) in [7, 11) is -0.779. The minimum Gasteiger partial charge on any atom is -0.497 e. The molecule has 2 aromatic carbocycles. The van der Waals surface area contributed by atoms with Crippen LogP contribution in [0.1, 0.15) is 21.9 Å². The first-order chi connectivity index (χ1) is 14.8. The van der Waals surface area contributed by atoms with Crippen LogP contribution in [0.4, 0.5) is 0 Å². The van der Waals surface area contributed by atoms with E-state index in [-0.39, 0.29) is 5.75 Å². The van der Waals surface area contributed by atoms with Crippen LogP contribution in [0.15, 0.2) is 48.5 Å². The number of thiazole rings is 1. The lowest BCUT2D eigenvalue weighted by Gasteiger charge is -2.07. The van der Waals surface area contributed by atoms with E-state index in [1.54, 1.807) is 25.6 Å². The highest BCUT2D eigenvalue weighted by Gasteiger charge is 2.24. The Morgan fingerprint density at radius 2 is 1.81 bits per heavy atom. The van der Waals surface area contributed by atoms with Crippen LogP contribution in [0.5, 0.6) is 11.5 Å². The van der Waals surface area contributed by atoms with Crippen LogP contribution in [0.25, 0.3) is 23.4 Å². The molecule has 0 fully saturated rings. The summed E-state index contributed by atoms with van der Waals surface area (Å²) in [5.41, 5.74) is 3.01. The third-order valence-corrected chi connectivity index (χ3v) is 6.67. The van der Waals surface area contributed by atoms with Gasteiger partial charge in [0.05, 0.1) is 24.8 Å². The Balaban J connectivity index is 2.00. The van der Waals surface area contributed by atoms with Gasteiger partial charge < -0.3 is 9.47 Å². The number of aryl methyl sites for hydroxylation is 1. The largest absolute Gasteiger partial charge is 0.497 e. The van der Waals surface area contributed by atoms with Crippen molar-refractivity contribution in [2.75, 3.05) is 20.0 Å². The number of hydrogen-bond acceptors (Lipinski definition) is 5. The molecular formula is C23H26NO5S2+. The molecule has 6 nitrogen and oxygen atoms in total. The van der Waals surface area contributed by atoms with Crippen molar-refractivity contribution in [3.8, 4) is 22.8 Å². The molecule has 0 amide bonds. The third-order valence-electron chi connectivity index (χ3n) is 4.80. The molecule has 164 valence electrons. The van der Waals surface area contributed by atoms with E-state index in [2.05, 4.69) is 11.5 Å². The molecule has 1 N–H and O–H groups in total. The van der Waals surface area contributed by atoms with Crippen LogP contribution in [0.2, 0.25) is 0 Å². The normalized spacial score (nSPS) is 11.7. The Bertz CT molecular complexity index is 1170. The molecule has 0 aliphatic heterocycles. The maximum atomic E-state index is 11.2. The van der Waals surface area contributed by atoms with Crippen LogP contribution in [-0.2, 0) is 16.7 Å². The maximum absolute atomic E-state index is 11.2. The van der Waals surface area contributed by atoms with Crippen LogP contribution in [-0.4, -0.2) is 32.9 Å². The van der Waals surface area contributed by atoms with E-state index in [1.807, 2.05) is 60.7 Å². The molecule has 0 aliphatic rings. The lowest BCUT2D eigenvalue weighted by Crippen LogP contribution is -2.37. The molecule has 1 heterocycles. The molecule has 31 heavy (non-hydrogen) atoms. The molecule has 0 saturated heterocycles. The number of benzene rings is 2. The molecule has 0 unspecified atom stereocenters. The summed E-state index contributed by atoms with van der Waals surface area (Å²) in [4.78, 5) is 1.12. The van der Waals surface area contributed by atoms with Crippen molar-refractivity contribution in [2.24, 2.45) is 0 Å². The van der Waals surface area contributed by atoms with Gasteiger partial charge in [-0.3, -0.25) is 4.55 Å². The van der Waals surface area contributed by atoms with Crippen molar-refractivity contribution in [1.29, 1.82) is 0 Å². The van der Waals surface area contributed by atoms with Crippen molar-refractivity contribution in [1.82, 2.24) is 0 Å². The monoisotopic (exact) mass is 460 g/mol. The standard InChI is InChI=1S/C23H25NO5S2/c1-17-23(19-8-5-4-6-9-19)24(14-7-15-31(25,26)27)22(30-17)13-11-18-10-12-20(28-2)16-21(18)29-3/h4-6,8-13,16H,7,14-15H2,1-3H3/p+1/b13-11+. The van der Waals surface area contributed by atoms with Gasteiger partial charge >= 0.3 is 0 Å². The summed E-state index contributed by atoms with van der Waals surface area (Å²) < 4.78 is 44.4. The molecule has 1 aromatic heterocycles. The fourth-order valence-electron chi connectivity index (χ4n) is 3.38. The van der Waals surface area contributed by atoms with Gasteiger partial charge in [0.2, 0.25) is 5.69 Å². The predicted molar refractivity (Wildman–Crippen MR) is 124 cm³/mol. The Hall–Kier alpha value is -2.68. The Morgan fingerprint density at radius 1 is 1.06 bits per heavy atom. The minimum atomic E-state index is -4.01. The van der Waals surface area contributed by atoms with Crippen molar-refractivity contribution in [2.45, 2.75) is 19.9 Å². The number of aromatic nitrogens is 1. The molecule has 0 spiro atoms. The molecule has 8 heteroatoms. The molecule has 3 rings (SSSR count). The summed E-state index contributed by atoms with van der Waals surface area (Å²) in [5, 5.41) is 0.976. The van der Waals surface area contributed by atoms with Gasteiger partial charge in [0.25, 0.3) is 15.1 Å². The SMILES string of the molecule is COc1ccc(/C=C/c2sc(C)c(-c3ccccc3)[n+]2CCCS(=O)(=O)O)c(OC)c1. The second kappa shape index (κ2) is 10.1. The zero-order valence-corrected chi connectivity index (χ0v) is 19.4. The van der Waals surface area contributed by atoms with Crippen molar-refractivity contribution >= 4 is 33.6 Å². The van der Waals surface area contributed by atoms with Gasteiger partial charge in [0.1, 0.15) is 11.5 Å². The van der Waals surface area contributed by atoms with E-state index in [0.717, 1.165) is 26.7 Å². The summed E-state index contributed by atoms with van der Waals surface area (Å²) in [6, 6.07) is 15.6. The van der Waals surface area contributed by atoms with Gasteiger partial charge in [-0.1, -0.05) is 29.5 Å². The van der Waals surface area contributed by atoms with Crippen molar-refractivity contribution in [3.05, 3.63) is 64.0 Å². The average Bonchev–Trinajstić information content (AvgIpc) is 3.06. The first-order valence-electron chi connectivity index (χ1n) is 9.76. The smallest absolute Gasteiger partial charge is 0.265 e. The third kappa shape index (κ3) is 5.94. The minimum absolute atomic E-state index is 0.279. The van der Waals surface area contributed by atoms with Crippen LogP contribution >= 0.6 is 11.3 Å². The topological polar surface area (TPSA) is 76.7 Å². The van der Waals surface area contributed by atoms with E-state index < -0.39 is 10.1 Å². The highest BCUT2D eigenvalue weighted by molar-refractivity contribution is 7.85. The molecular weight excluding hydrogens is 434 g/mol. The predicted octanol–water partition coefficient (Wildman–Crippen LogP) is 4.48. The first-order valence-corrected chi connectivity index (χ1v) is 12.2. The quantitative estimate of drug-likeness (QED) is 0.376. The van der Waals surface area contributed by atoms with E-state index in [9.17, 15) is 8.42 Å². The molecule has 3 aromatic rings. The Labute approximate surface area is 187 Å². The summed E-state index contributed by atoms with van der Waals surface area (Å²) in [6.07, 6.45) is 4.28. The van der Waals surface area contributed by atoms with Crippen LogP contribution < -0.4 is 14.0 Å². The van der Waals surface area contributed by atoms with Crippen molar-refractivity contribution in [3.63, 3.8) is 0 Å². The van der Waals surface area contributed by atoms with Gasteiger partial charge in [-0.25, -0.2) is 0 Å². The highest BCUT2D eigenvalue weighted by Crippen LogP contribution is 2.29. The van der Waals surface area contributed by atoms with E-state index in [0.29, 0.717) is 24.5 Å². The lowest BCUT2D eigenvalue weighted by molar-refractivity contribution is -0.683. The first kappa shape index (κ1) is 23.0. The van der Waals surface area contributed by atoms with Gasteiger partial charge in [-0.2, -0.15) is 13.0 Å². The van der Waals surface area contributed by atoms with Gasteiger partial charge in [0, 0.05) is 29.7 Å². The fraction of sp³-hybridized carbons (Fsp3) is 0.261. The number of rotatable bonds is 9. The number of hydrogen-bond donors (Lipinski definition) is 1. The van der Waals surface area contributed by atoms with Crippen LogP contribution in [0.3, 0.4) is 0 Å². The molecule has 0 saturated carbocycles. The summed E-state index contributed by atoms with van der Waals surface area (Å²) in [6.45, 7) is 2.52. The molecule has 0 bridgehead atoms. The zero-order valence-electron chi connectivity index (χ0n) is 17.7. The Morgan fingerprint density at radius 3 is 2.45 bits per heavy atom. The van der Waals surface area contributed by atoms with E-state index >= 15 is 0 Å². The van der Waals surface area contributed by atoms with Gasteiger partial charge in [-0.15, -0.1) is 0 Å². The van der Waals surface area contributed by atoms with Gasteiger partial charge in [-0.05, 0) is 37.3 Å². The fourth-order valence-corrected chi connectivity index (χ4v) is 4.95. The van der Waals surface area contributed by atoms with Crippen molar-refractivity contribution < 1.29 is 27.0 Å². The summed E-state index contributed by atoms with van der Waals surface area (Å²) in [5.74, 6) is 1.14. The number of methoxy groups -OCH3 is 2. The number of nitrogens with zero attached hydrogens (tertiary/aromatic N) is 1. The Kier molecular flexibility index (Phi) is 7.48. The molecule has 0 radical (unpaired) electrons. The highest BCUT2D eigenvalue weighted by atomic mass is 32.2. The average molecular weight is 461 g/mol. The van der Waals surface area contributed by atoms with E-state index in [1.165, 1.54) is 0 Å². The summed E-state index contributed by atoms with van der Waals surface area (Å²) >= 11 is 1.63. The second-order valence-corrected chi connectivity index (χ2v) is 9.75. The number of ether oxygens (including phenoxy) is 2. The molecule has 0 aliphatic carbocycles. The van der Waals surface area contributed by atoms with E-state index in [4.69, 9.17) is 14.0 Å². The van der Waals surface area contributed by atoms with Gasteiger partial charge in [0.15, 0.2) is 6.54 Å². The van der Waals surface area contributed by atoms with Crippen LogP contribution in [0, 0.1) is 6.92 Å². The second-order valence-electron chi connectivity index (χ2n) is 6.94. The maximum Gasteiger partial charge on any atom is 0.265 e. The molecule has 0 atom stereocenters. The zero-order chi connectivity index (χ0) is 22.4. The lowest BCUT2D eigenvalue weighted by atomic mass is 10.1.